The van der Waals surface area contributed by atoms with Crippen molar-refractivity contribution in [2.75, 3.05) is 30.3 Å². The van der Waals surface area contributed by atoms with Crippen LogP contribution in [-0.2, 0) is 10.9 Å². The lowest BCUT2D eigenvalue weighted by atomic mass is 10.2. The van der Waals surface area contributed by atoms with Crippen LogP contribution in [0.3, 0.4) is 0 Å². The Morgan fingerprint density at radius 2 is 1.60 bits per heavy atom. The van der Waals surface area contributed by atoms with Gasteiger partial charge in [-0.25, -0.2) is 0 Å². The van der Waals surface area contributed by atoms with Gasteiger partial charge in [0.1, 0.15) is 6.10 Å². The predicted octanol–water partition coefficient (Wildman–Crippen LogP) is 4.04. The highest BCUT2D eigenvalue weighted by atomic mass is 19.4. The second-order valence-electron chi connectivity index (χ2n) is 6.60. The quantitative estimate of drug-likeness (QED) is 0.579. The summed E-state index contributed by atoms with van der Waals surface area (Å²) in [7, 11) is 0. The van der Waals surface area contributed by atoms with Crippen LogP contribution in [0.25, 0.3) is 0 Å². The molecule has 30 heavy (non-hydrogen) atoms. The van der Waals surface area contributed by atoms with Gasteiger partial charge in [0.2, 0.25) is 11.9 Å². The molecule has 3 aromatic rings. The summed E-state index contributed by atoms with van der Waals surface area (Å²) in [6, 6.07) is 14.2. The standard InChI is InChI=1S/C20H19F3N6O/c21-20(22,23)13-5-4-8-15(11-13)26-19-28-17(16-12-24-9-10-30-16)27-18(29-19)25-14-6-2-1-3-7-14/h1-8,11,16,24H,9-10,12H2,(H2,25,26,27,28,29). The van der Waals surface area contributed by atoms with Crippen LogP contribution < -0.4 is 16.0 Å². The van der Waals surface area contributed by atoms with Crippen LogP contribution in [0.1, 0.15) is 17.5 Å². The van der Waals surface area contributed by atoms with Crippen molar-refractivity contribution in [2.45, 2.75) is 12.3 Å². The zero-order chi connectivity index (χ0) is 21.0. The van der Waals surface area contributed by atoms with Gasteiger partial charge in [0, 0.05) is 24.5 Å². The van der Waals surface area contributed by atoms with Crippen LogP contribution in [0.4, 0.5) is 36.4 Å². The van der Waals surface area contributed by atoms with Gasteiger partial charge < -0.3 is 20.7 Å². The molecule has 0 radical (unpaired) electrons. The first kappa shape index (κ1) is 20.0. The summed E-state index contributed by atoms with van der Waals surface area (Å²) in [4.78, 5) is 13.1. The van der Waals surface area contributed by atoms with E-state index in [0.717, 1.165) is 24.4 Å². The van der Waals surface area contributed by atoms with E-state index < -0.39 is 11.7 Å². The molecule has 1 saturated heterocycles. The van der Waals surface area contributed by atoms with E-state index in [2.05, 4.69) is 30.9 Å². The van der Waals surface area contributed by atoms with E-state index in [1.807, 2.05) is 30.3 Å². The predicted molar refractivity (Wildman–Crippen MR) is 106 cm³/mol. The van der Waals surface area contributed by atoms with Crippen molar-refractivity contribution in [3.8, 4) is 0 Å². The molecule has 0 aliphatic carbocycles. The Balaban J connectivity index is 1.65. The van der Waals surface area contributed by atoms with Gasteiger partial charge in [0.25, 0.3) is 0 Å². The van der Waals surface area contributed by atoms with Gasteiger partial charge in [-0.15, -0.1) is 0 Å². The highest BCUT2D eigenvalue weighted by molar-refractivity contribution is 5.58. The minimum absolute atomic E-state index is 0.118. The van der Waals surface area contributed by atoms with E-state index in [4.69, 9.17) is 4.74 Å². The van der Waals surface area contributed by atoms with E-state index in [1.165, 1.54) is 12.1 Å². The van der Waals surface area contributed by atoms with E-state index >= 15 is 0 Å². The maximum absolute atomic E-state index is 13.0. The molecule has 156 valence electrons. The fourth-order valence-electron chi connectivity index (χ4n) is 2.93. The number of para-hydroxylation sites is 1. The maximum Gasteiger partial charge on any atom is 0.416 e. The normalized spacial score (nSPS) is 16.8. The van der Waals surface area contributed by atoms with Gasteiger partial charge in [-0.2, -0.15) is 28.1 Å². The molecular formula is C20H19F3N6O. The lowest BCUT2D eigenvalue weighted by molar-refractivity contribution is -0.137. The molecule has 0 bridgehead atoms. The average molecular weight is 416 g/mol. The Labute approximate surface area is 170 Å². The molecule has 1 aliphatic heterocycles. The smallest absolute Gasteiger partial charge is 0.368 e. The van der Waals surface area contributed by atoms with Crippen LogP contribution in [0, 0.1) is 0 Å². The number of ether oxygens (including phenoxy) is 1. The largest absolute Gasteiger partial charge is 0.416 e. The van der Waals surface area contributed by atoms with Gasteiger partial charge in [-0.3, -0.25) is 0 Å². The summed E-state index contributed by atoms with van der Waals surface area (Å²) in [5.74, 6) is 0.756. The topological polar surface area (TPSA) is 84.0 Å². The molecule has 1 fully saturated rings. The molecule has 1 aliphatic rings. The minimum atomic E-state index is -4.44. The molecule has 10 heteroatoms. The molecule has 3 N–H and O–H groups in total. The Bertz CT molecular complexity index is 993. The highest BCUT2D eigenvalue weighted by Crippen LogP contribution is 2.31. The summed E-state index contributed by atoms with van der Waals surface area (Å²) in [5.41, 5.74) is 0.224. The summed E-state index contributed by atoms with van der Waals surface area (Å²) in [5, 5.41) is 9.14. The van der Waals surface area contributed by atoms with E-state index in [1.54, 1.807) is 0 Å². The fraction of sp³-hybridized carbons (Fsp3) is 0.250. The van der Waals surface area contributed by atoms with Crippen molar-refractivity contribution in [1.82, 2.24) is 20.3 Å². The fourth-order valence-corrected chi connectivity index (χ4v) is 2.93. The Hall–Kier alpha value is -3.24. The SMILES string of the molecule is FC(F)(F)c1cccc(Nc2nc(Nc3ccccc3)nc(C3CNCCO3)n2)c1. The molecule has 1 aromatic heterocycles. The van der Waals surface area contributed by atoms with Crippen molar-refractivity contribution in [2.24, 2.45) is 0 Å². The lowest BCUT2D eigenvalue weighted by Crippen LogP contribution is -2.34. The molecule has 1 unspecified atom stereocenters. The first-order valence-corrected chi connectivity index (χ1v) is 9.32. The number of halogens is 3. The third-order valence-corrected chi connectivity index (χ3v) is 4.34. The number of hydrogen-bond donors (Lipinski definition) is 3. The summed E-state index contributed by atoms with van der Waals surface area (Å²) in [6.07, 6.45) is -4.83. The number of nitrogens with one attached hydrogen (secondary N) is 3. The number of morpholine rings is 1. The van der Waals surface area contributed by atoms with Crippen molar-refractivity contribution < 1.29 is 17.9 Å². The Morgan fingerprint density at radius 3 is 2.27 bits per heavy atom. The van der Waals surface area contributed by atoms with Crippen LogP contribution in [0.2, 0.25) is 0 Å². The second-order valence-corrected chi connectivity index (χ2v) is 6.60. The maximum atomic E-state index is 13.0. The Kier molecular flexibility index (Phi) is 5.77. The molecule has 0 spiro atoms. The Morgan fingerprint density at radius 1 is 0.900 bits per heavy atom. The number of anilines is 4. The van der Waals surface area contributed by atoms with Crippen LogP contribution in [-0.4, -0.2) is 34.6 Å². The summed E-state index contributed by atoms with van der Waals surface area (Å²) < 4.78 is 44.8. The zero-order valence-corrected chi connectivity index (χ0v) is 15.8. The third kappa shape index (κ3) is 5.02. The monoisotopic (exact) mass is 416 g/mol. The zero-order valence-electron chi connectivity index (χ0n) is 15.8. The molecule has 2 aromatic carbocycles. The molecule has 7 nitrogen and oxygen atoms in total. The second kappa shape index (κ2) is 8.64. The number of hydrogen-bond acceptors (Lipinski definition) is 7. The van der Waals surface area contributed by atoms with Gasteiger partial charge >= 0.3 is 6.18 Å². The van der Waals surface area contributed by atoms with E-state index in [-0.39, 0.29) is 23.7 Å². The first-order chi connectivity index (χ1) is 14.5. The van der Waals surface area contributed by atoms with Gasteiger partial charge in [0.05, 0.1) is 12.2 Å². The van der Waals surface area contributed by atoms with Gasteiger partial charge in [-0.1, -0.05) is 24.3 Å². The minimum Gasteiger partial charge on any atom is -0.368 e. The van der Waals surface area contributed by atoms with Crippen molar-refractivity contribution in [3.63, 3.8) is 0 Å². The molecule has 1 atom stereocenters. The number of benzene rings is 2. The lowest BCUT2D eigenvalue weighted by Gasteiger charge is -2.23. The van der Waals surface area contributed by atoms with Crippen molar-refractivity contribution in [1.29, 1.82) is 0 Å². The molecular weight excluding hydrogens is 397 g/mol. The molecule has 4 rings (SSSR count). The third-order valence-electron chi connectivity index (χ3n) is 4.34. The van der Waals surface area contributed by atoms with Gasteiger partial charge in [-0.05, 0) is 30.3 Å². The number of alkyl halides is 3. The number of aromatic nitrogens is 3. The number of nitrogens with zero attached hydrogens (tertiary/aromatic N) is 3. The highest BCUT2D eigenvalue weighted by Gasteiger charge is 2.30. The summed E-state index contributed by atoms with van der Waals surface area (Å²) >= 11 is 0. The number of rotatable bonds is 5. The molecule has 0 amide bonds. The van der Waals surface area contributed by atoms with Gasteiger partial charge in [0.15, 0.2) is 5.82 Å². The van der Waals surface area contributed by atoms with E-state index in [9.17, 15) is 13.2 Å². The average Bonchev–Trinajstić information content (AvgIpc) is 2.74. The summed E-state index contributed by atoms with van der Waals surface area (Å²) in [6.45, 7) is 1.76. The van der Waals surface area contributed by atoms with Crippen molar-refractivity contribution >= 4 is 23.3 Å². The van der Waals surface area contributed by atoms with Crippen LogP contribution >= 0.6 is 0 Å². The molecule has 2 heterocycles. The van der Waals surface area contributed by atoms with Crippen molar-refractivity contribution in [3.05, 3.63) is 66.0 Å². The van der Waals surface area contributed by atoms with Crippen LogP contribution in [0.15, 0.2) is 54.6 Å². The van der Waals surface area contributed by atoms with E-state index in [0.29, 0.717) is 19.0 Å². The first-order valence-electron chi connectivity index (χ1n) is 9.32. The molecule has 0 saturated carbocycles. The van der Waals surface area contributed by atoms with Crippen LogP contribution in [0.5, 0.6) is 0 Å².